The van der Waals surface area contributed by atoms with E-state index in [0.717, 1.165) is 15.9 Å². The van der Waals surface area contributed by atoms with Gasteiger partial charge in [0.05, 0.1) is 0 Å². The molecule has 0 aromatic heterocycles. The third-order valence-corrected chi connectivity index (χ3v) is 13.1. The van der Waals surface area contributed by atoms with Crippen molar-refractivity contribution in [1.82, 2.24) is 9.80 Å². The maximum atomic E-state index is 13.4. The molecule has 3 aromatic carbocycles. The van der Waals surface area contributed by atoms with E-state index < -0.39 is 49.3 Å². The van der Waals surface area contributed by atoms with Crippen molar-refractivity contribution in [2.24, 2.45) is 5.92 Å². The second-order valence-electron chi connectivity index (χ2n) is 11.9. The highest BCUT2D eigenvalue weighted by molar-refractivity contribution is 6.98. The largest absolute Gasteiger partial charge is 0.480 e. The minimum Gasteiger partial charge on any atom is -0.480 e. The fourth-order valence-electron chi connectivity index (χ4n) is 5.60. The summed E-state index contributed by atoms with van der Waals surface area (Å²) < 4.78 is 5.36. The van der Waals surface area contributed by atoms with Gasteiger partial charge in [-0.1, -0.05) is 112 Å². The van der Waals surface area contributed by atoms with Crippen molar-refractivity contribution < 1.29 is 29.0 Å². The number of benzene rings is 3. The summed E-state index contributed by atoms with van der Waals surface area (Å²) in [6, 6.07) is 26.5. The molecule has 43 heavy (non-hydrogen) atoms. The molecule has 0 bridgehead atoms. The van der Waals surface area contributed by atoms with Crippen LogP contribution in [0.3, 0.4) is 0 Å². The molecule has 2 N–H and O–H groups in total. The Morgan fingerprint density at radius 3 is 1.74 bits per heavy atom. The molecule has 3 aromatic rings. The molecule has 3 rings (SSSR count). The van der Waals surface area contributed by atoms with Crippen molar-refractivity contribution in [3.63, 3.8) is 0 Å². The van der Waals surface area contributed by atoms with Crippen molar-refractivity contribution >= 4 is 36.7 Å². The predicted octanol–water partition coefficient (Wildman–Crippen LogP) is 4.50. The number of carboxylic acids is 1. The molecule has 0 spiro atoms. The molecule has 0 heterocycles. The van der Waals surface area contributed by atoms with Gasteiger partial charge in [-0.2, -0.15) is 0 Å². The zero-order valence-corrected chi connectivity index (χ0v) is 26.9. The van der Waals surface area contributed by atoms with E-state index in [1.54, 1.807) is 6.92 Å². The van der Waals surface area contributed by atoms with Crippen LogP contribution in [0.25, 0.3) is 0 Å². The number of nitrogens with zero attached hydrogens (tertiary/aromatic N) is 2. The smallest absolute Gasteiger partial charge is 0.410 e. The number of carboxylic acid groups (broad SMARTS) is 1. The summed E-state index contributed by atoms with van der Waals surface area (Å²) in [7, 11) is -0.349. The van der Waals surface area contributed by atoms with E-state index in [1.807, 2.05) is 112 Å². The molecular weight excluding hydrogens is 560 g/mol. The van der Waals surface area contributed by atoms with Crippen molar-refractivity contribution in [2.45, 2.75) is 64.3 Å². The number of hydrogen-bond donors (Lipinski definition) is 2. The summed E-state index contributed by atoms with van der Waals surface area (Å²) >= 11 is 0. The summed E-state index contributed by atoms with van der Waals surface area (Å²) in [4.78, 5) is 53.4. The third-order valence-electron chi connectivity index (χ3n) is 8.58. The van der Waals surface area contributed by atoms with Gasteiger partial charge in [-0.05, 0) is 46.7 Å². The van der Waals surface area contributed by atoms with Crippen LogP contribution in [-0.2, 0) is 20.9 Å². The molecule has 0 aliphatic carbocycles. The molecule has 8 nitrogen and oxygen atoms in total. The second-order valence-corrected chi connectivity index (χ2v) is 15.8. The second kappa shape index (κ2) is 14.5. The van der Waals surface area contributed by atoms with Crippen LogP contribution >= 0.6 is 0 Å². The average molecular weight is 605 g/mol. The van der Waals surface area contributed by atoms with E-state index in [2.05, 4.69) is 0 Å². The summed E-state index contributed by atoms with van der Waals surface area (Å²) in [5.74, 6) is -2.06. The first-order chi connectivity index (χ1) is 20.3. The van der Waals surface area contributed by atoms with Gasteiger partial charge in [0.15, 0.2) is 0 Å². The lowest BCUT2D eigenvalue weighted by Crippen LogP contribution is -2.65. The van der Waals surface area contributed by atoms with Gasteiger partial charge in [-0.25, -0.2) is 9.59 Å². The molecule has 0 aliphatic rings. The monoisotopic (exact) mass is 604 g/mol. The molecule has 0 saturated carbocycles. The molecule has 0 unspecified atom stereocenters. The van der Waals surface area contributed by atoms with Crippen molar-refractivity contribution in [2.75, 3.05) is 14.1 Å². The van der Waals surface area contributed by atoms with Gasteiger partial charge in [0.1, 0.15) is 18.7 Å². The van der Waals surface area contributed by atoms with Gasteiger partial charge in [-0.3, -0.25) is 9.69 Å². The van der Waals surface area contributed by atoms with Crippen LogP contribution < -0.4 is 10.4 Å². The molecule has 2 amide bonds. The number of carbonyl (C=O) groups excluding carboxylic acids is 2. The zero-order valence-electron chi connectivity index (χ0n) is 25.9. The van der Waals surface area contributed by atoms with Crippen LogP contribution in [0.1, 0.15) is 46.1 Å². The number of rotatable bonds is 13. The highest BCUT2D eigenvalue weighted by atomic mass is 28.4. The first-order valence-corrected chi connectivity index (χ1v) is 16.5. The number of carbonyl (C=O) groups is 3. The molecule has 0 saturated heterocycles. The van der Waals surface area contributed by atoms with E-state index in [9.17, 15) is 24.3 Å². The van der Waals surface area contributed by atoms with Gasteiger partial charge < -0.3 is 19.5 Å². The van der Waals surface area contributed by atoms with E-state index in [1.165, 1.54) is 23.9 Å². The quantitative estimate of drug-likeness (QED) is 0.278. The van der Waals surface area contributed by atoms with Gasteiger partial charge in [0.2, 0.25) is 5.91 Å². The zero-order chi connectivity index (χ0) is 31.8. The van der Waals surface area contributed by atoms with Crippen molar-refractivity contribution in [3.8, 4) is 0 Å². The van der Waals surface area contributed by atoms with E-state index in [0.29, 0.717) is 12.8 Å². The normalized spacial score (nSPS) is 13.8. The van der Waals surface area contributed by atoms with Gasteiger partial charge in [-0.15, -0.1) is 0 Å². The fourth-order valence-corrected chi connectivity index (χ4v) is 9.35. The number of amides is 2. The molecular formula is C34H44N2O6Si. The van der Waals surface area contributed by atoms with Crippen LogP contribution in [0.5, 0.6) is 0 Å². The Hall–Kier alpha value is -3.95. The molecule has 3 atom stereocenters. The summed E-state index contributed by atoms with van der Waals surface area (Å²) in [5, 5.41) is 11.4. The molecule has 0 aliphatic heterocycles. The molecule has 0 fully saturated rings. The fraction of sp³-hybridized carbons (Fsp3) is 0.382. The minimum absolute atomic E-state index is 0.0625. The van der Waals surface area contributed by atoms with Crippen LogP contribution in [-0.4, -0.2) is 72.2 Å². The van der Waals surface area contributed by atoms with Crippen molar-refractivity contribution in [1.29, 1.82) is 0 Å². The lowest BCUT2D eigenvalue weighted by Gasteiger charge is -2.42. The van der Waals surface area contributed by atoms with Gasteiger partial charge in [0, 0.05) is 14.1 Å². The lowest BCUT2D eigenvalue weighted by molar-refractivity contribution is -0.153. The number of hydrogen-bond acceptors (Lipinski definition) is 5. The summed E-state index contributed by atoms with van der Waals surface area (Å²) in [5.41, 5.74) is 0.817. The van der Waals surface area contributed by atoms with Gasteiger partial charge in [0.25, 0.3) is 8.32 Å². The maximum absolute atomic E-state index is 13.4. The number of ether oxygens (including phenoxy) is 1. The third kappa shape index (κ3) is 7.72. The van der Waals surface area contributed by atoms with Crippen LogP contribution in [0, 0.1) is 5.92 Å². The van der Waals surface area contributed by atoms with Crippen LogP contribution in [0.2, 0.25) is 5.04 Å². The Morgan fingerprint density at radius 1 is 0.814 bits per heavy atom. The predicted molar refractivity (Wildman–Crippen MR) is 171 cm³/mol. The highest BCUT2D eigenvalue weighted by Crippen LogP contribution is 2.41. The average Bonchev–Trinajstić information content (AvgIpc) is 3.02. The Morgan fingerprint density at radius 2 is 1.28 bits per heavy atom. The highest BCUT2D eigenvalue weighted by Gasteiger charge is 2.50. The Bertz CT molecular complexity index is 1310. The molecule has 230 valence electrons. The van der Waals surface area contributed by atoms with Crippen LogP contribution in [0.4, 0.5) is 4.79 Å². The molecule has 0 radical (unpaired) electrons. The topological polar surface area (TPSA) is 107 Å². The number of aliphatic carboxylic acids is 1. The Balaban J connectivity index is 1.73. The molecule has 9 heteroatoms. The SMILES string of the molecule is C[C@H](C(=O)N(C)[C@H](C(=O)O)[C@@H](C)CCC(C)(C)[Si](O)(c1ccccc1)c1ccccc1)N(C)C(=O)OCc1ccccc1. The van der Waals surface area contributed by atoms with E-state index >= 15 is 0 Å². The first-order valence-electron chi connectivity index (χ1n) is 14.6. The van der Waals surface area contributed by atoms with E-state index in [-0.39, 0.29) is 6.61 Å². The lowest BCUT2D eigenvalue weighted by atomic mass is 9.91. The summed E-state index contributed by atoms with van der Waals surface area (Å²) in [6.45, 7) is 7.50. The van der Waals surface area contributed by atoms with E-state index in [4.69, 9.17) is 4.74 Å². The van der Waals surface area contributed by atoms with Crippen LogP contribution in [0.15, 0.2) is 91.0 Å². The maximum Gasteiger partial charge on any atom is 0.410 e. The standard InChI is InChI=1S/C34H44N2O6Si/c1-25(22-23-34(3,4)43(41,28-18-12-8-13-19-28)29-20-14-9-15-21-29)30(32(38)39)36(6)31(37)26(2)35(5)33(40)42-24-27-16-10-7-11-17-27/h7-21,25-26,30,41H,22-24H2,1-6H3,(H,38,39)/t25-,26+,30-/m0/s1. The minimum atomic E-state index is -3.27. The van der Waals surface area contributed by atoms with Gasteiger partial charge >= 0.3 is 12.1 Å². The Kier molecular flexibility index (Phi) is 11.3. The van der Waals surface area contributed by atoms with Crippen molar-refractivity contribution in [3.05, 3.63) is 96.6 Å². The first kappa shape index (κ1) is 33.5. The Labute approximate surface area is 256 Å². The summed E-state index contributed by atoms with van der Waals surface area (Å²) in [6.07, 6.45) is 0.319. The number of likely N-dealkylation sites (N-methyl/N-ethyl adjacent to an activating group) is 2.